The molecular weight excluding hydrogens is 449 g/mol. The van der Waals surface area contributed by atoms with Crippen LogP contribution < -0.4 is 0 Å². The van der Waals surface area contributed by atoms with E-state index in [1.165, 1.54) is 32.1 Å². The van der Waals surface area contributed by atoms with Crippen LogP contribution in [0.15, 0.2) is 0 Å². The third kappa shape index (κ3) is 15.9. The molecule has 0 atom stereocenters. The molecule has 0 spiro atoms. The summed E-state index contributed by atoms with van der Waals surface area (Å²) < 4.78 is 93.9. The predicted molar refractivity (Wildman–Crippen MR) is 120 cm³/mol. The van der Waals surface area contributed by atoms with Crippen molar-refractivity contribution in [3.8, 4) is 0 Å². The first-order chi connectivity index (χ1) is 15.2. The van der Waals surface area contributed by atoms with Crippen LogP contribution >= 0.6 is 0 Å². The van der Waals surface area contributed by atoms with Gasteiger partial charge in [-0.25, -0.2) is 4.39 Å². The lowest BCUT2D eigenvalue weighted by Gasteiger charge is -2.29. The van der Waals surface area contributed by atoms with E-state index in [1.54, 1.807) is 0 Å². The fourth-order valence-corrected chi connectivity index (χ4v) is 3.62. The SMILES string of the molecule is CC(C)(C)CCOCCCCCCCCCCCCCCCCC(F)(C(F)(F)F)C(F)(F)F. The van der Waals surface area contributed by atoms with Crippen molar-refractivity contribution in [3.63, 3.8) is 0 Å². The van der Waals surface area contributed by atoms with E-state index in [4.69, 9.17) is 4.74 Å². The molecule has 0 saturated carbocycles. The largest absolute Gasteiger partial charge is 0.431 e. The topological polar surface area (TPSA) is 9.23 Å². The van der Waals surface area contributed by atoms with Crippen molar-refractivity contribution in [2.24, 2.45) is 5.41 Å². The number of unbranched alkanes of at least 4 members (excludes halogenated alkanes) is 13. The maximum atomic E-state index is 13.5. The Balaban J connectivity index is 3.46. The van der Waals surface area contributed by atoms with Gasteiger partial charge < -0.3 is 4.74 Å². The molecule has 0 N–H and O–H groups in total. The minimum atomic E-state index is -5.93. The van der Waals surface area contributed by atoms with E-state index in [0.29, 0.717) is 11.8 Å². The monoisotopic (exact) mass is 494 g/mol. The molecule has 0 bridgehead atoms. The summed E-state index contributed by atoms with van der Waals surface area (Å²) in [4.78, 5) is 0. The average molecular weight is 495 g/mol. The van der Waals surface area contributed by atoms with Crippen molar-refractivity contribution >= 4 is 0 Å². The van der Waals surface area contributed by atoms with Gasteiger partial charge in [-0.05, 0) is 31.1 Å². The summed E-state index contributed by atoms with van der Waals surface area (Å²) in [6.45, 7) is 8.31. The van der Waals surface area contributed by atoms with Gasteiger partial charge in [0.25, 0.3) is 5.67 Å². The molecule has 1 nitrogen and oxygen atoms in total. The zero-order chi connectivity index (χ0) is 25.4. The highest BCUT2D eigenvalue weighted by Gasteiger charge is 2.71. The van der Waals surface area contributed by atoms with Gasteiger partial charge in [0.1, 0.15) is 0 Å². The van der Waals surface area contributed by atoms with Gasteiger partial charge in [-0.1, -0.05) is 97.8 Å². The zero-order valence-electron chi connectivity index (χ0n) is 20.8. The van der Waals surface area contributed by atoms with Gasteiger partial charge in [0.05, 0.1) is 0 Å². The van der Waals surface area contributed by atoms with Crippen LogP contribution in [-0.2, 0) is 4.74 Å². The molecule has 0 unspecified atom stereocenters. The second-order valence-electron chi connectivity index (χ2n) is 10.4. The molecule has 8 heteroatoms. The summed E-state index contributed by atoms with van der Waals surface area (Å²) in [7, 11) is 0. The van der Waals surface area contributed by atoms with E-state index in [2.05, 4.69) is 20.8 Å². The van der Waals surface area contributed by atoms with E-state index < -0.39 is 30.9 Å². The van der Waals surface area contributed by atoms with Gasteiger partial charge in [0.15, 0.2) is 0 Å². The van der Waals surface area contributed by atoms with E-state index in [0.717, 1.165) is 58.2 Å². The smallest absolute Gasteiger partial charge is 0.381 e. The van der Waals surface area contributed by atoms with Gasteiger partial charge in [0.2, 0.25) is 0 Å². The zero-order valence-corrected chi connectivity index (χ0v) is 20.8. The van der Waals surface area contributed by atoms with Crippen molar-refractivity contribution in [2.75, 3.05) is 13.2 Å². The number of halogens is 7. The fourth-order valence-electron chi connectivity index (χ4n) is 3.62. The first kappa shape index (κ1) is 32.5. The molecule has 0 aliphatic carbocycles. The van der Waals surface area contributed by atoms with Crippen LogP contribution in [0.2, 0.25) is 0 Å². The molecule has 0 aromatic carbocycles. The van der Waals surface area contributed by atoms with E-state index >= 15 is 0 Å². The highest BCUT2D eigenvalue weighted by atomic mass is 19.4. The van der Waals surface area contributed by atoms with Crippen LogP contribution in [0.5, 0.6) is 0 Å². The Hall–Kier alpha value is -0.530. The van der Waals surface area contributed by atoms with Crippen LogP contribution in [0, 0.1) is 5.41 Å². The lowest BCUT2D eigenvalue weighted by molar-refractivity contribution is -0.343. The number of ether oxygens (including phenoxy) is 1. The lowest BCUT2D eigenvalue weighted by Crippen LogP contribution is -2.53. The van der Waals surface area contributed by atoms with Crippen molar-refractivity contribution < 1.29 is 35.5 Å². The molecule has 0 heterocycles. The molecule has 0 amide bonds. The summed E-state index contributed by atoms with van der Waals surface area (Å²) in [5, 5.41) is 0. The molecule has 33 heavy (non-hydrogen) atoms. The lowest BCUT2D eigenvalue weighted by atomic mass is 9.93. The van der Waals surface area contributed by atoms with Gasteiger partial charge in [-0.3, -0.25) is 0 Å². The fraction of sp³-hybridized carbons (Fsp3) is 1.00. The van der Waals surface area contributed by atoms with Crippen molar-refractivity contribution in [3.05, 3.63) is 0 Å². The first-order valence-corrected chi connectivity index (χ1v) is 12.6. The number of hydrogen-bond acceptors (Lipinski definition) is 1. The molecule has 0 radical (unpaired) electrons. The molecule has 0 aromatic heterocycles. The van der Waals surface area contributed by atoms with Gasteiger partial charge in [-0.2, -0.15) is 26.3 Å². The maximum absolute atomic E-state index is 13.5. The summed E-state index contributed by atoms with van der Waals surface area (Å²) >= 11 is 0. The third-order valence-corrected chi connectivity index (χ3v) is 5.95. The predicted octanol–water partition coefficient (Wildman–Crippen LogP) is 10.1. The quantitative estimate of drug-likeness (QED) is 0.128. The number of rotatable bonds is 19. The Kier molecular flexibility index (Phi) is 15.9. The molecule has 0 aromatic rings. The first-order valence-electron chi connectivity index (χ1n) is 12.6. The second kappa shape index (κ2) is 16.2. The van der Waals surface area contributed by atoms with Crippen LogP contribution in [0.25, 0.3) is 0 Å². The Labute approximate surface area is 196 Å². The van der Waals surface area contributed by atoms with Gasteiger partial charge in [-0.15, -0.1) is 0 Å². The van der Waals surface area contributed by atoms with E-state index in [9.17, 15) is 30.7 Å². The third-order valence-electron chi connectivity index (χ3n) is 5.95. The maximum Gasteiger partial charge on any atom is 0.431 e. The molecular formula is C25H45F7O. The van der Waals surface area contributed by atoms with Crippen molar-refractivity contribution in [1.82, 2.24) is 0 Å². The normalized spacial score (nSPS) is 13.6. The Morgan fingerprint density at radius 3 is 1.09 bits per heavy atom. The van der Waals surface area contributed by atoms with Crippen LogP contribution in [-0.4, -0.2) is 31.2 Å². The number of hydrogen-bond donors (Lipinski definition) is 0. The summed E-state index contributed by atoms with van der Waals surface area (Å²) in [6.07, 6.45) is 0.0847. The van der Waals surface area contributed by atoms with Gasteiger partial charge >= 0.3 is 12.4 Å². The Morgan fingerprint density at radius 1 is 0.424 bits per heavy atom. The van der Waals surface area contributed by atoms with E-state index in [1.807, 2.05) is 0 Å². The van der Waals surface area contributed by atoms with Gasteiger partial charge in [0, 0.05) is 13.2 Å². The highest BCUT2D eigenvalue weighted by Crippen LogP contribution is 2.49. The summed E-state index contributed by atoms with van der Waals surface area (Å²) in [5.41, 5.74) is -4.77. The standard InChI is InChI=1S/C25H45F7O/c1-22(2,3)19-21-33-20-17-15-13-11-9-7-5-4-6-8-10-12-14-16-18-23(26,24(27,28)29)25(30,31)32/h4-21H2,1-3H3. The summed E-state index contributed by atoms with van der Waals surface area (Å²) in [6, 6.07) is 0. The molecule has 0 saturated heterocycles. The summed E-state index contributed by atoms with van der Waals surface area (Å²) in [5.74, 6) is 0. The van der Waals surface area contributed by atoms with Crippen molar-refractivity contribution in [1.29, 1.82) is 0 Å². The molecule has 0 aliphatic heterocycles. The minimum Gasteiger partial charge on any atom is -0.381 e. The number of alkyl halides is 7. The minimum absolute atomic E-state index is 0.180. The van der Waals surface area contributed by atoms with Crippen LogP contribution in [0.3, 0.4) is 0 Å². The van der Waals surface area contributed by atoms with Crippen molar-refractivity contribution in [2.45, 2.75) is 142 Å². The van der Waals surface area contributed by atoms with E-state index in [-0.39, 0.29) is 6.42 Å². The molecule has 0 rings (SSSR count). The Morgan fingerprint density at radius 2 is 0.758 bits per heavy atom. The molecule has 0 fully saturated rings. The Bertz CT molecular complexity index is 453. The van der Waals surface area contributed by atoms with Crippen LogP contribution in [0.1, 0.15) is 124 Å². The van der Waals surface area contributed by atoms with Crippen LogP contribution in [0.4, 0.5) is 30.7 Å². The molecule has 0 aliphatic rings. The highest BCUT2D eigenvalue weighted by molar-refractivity contribution is 4.94. The molecule has 200 valence electrons. The second-order valence-corrected chi connectivity index (χ2v) is 10.4. The average Bonchev–Trinajstić information content (AvgIpc) is 2.67.